The zero-order chi connectivity index (χ0) is 16.8. The van der Waals surface area contributed by atoms with E-state index in [1.54, 1.807) is 0 Å². The molecular weight excluding hydrogens is 316 g/mol. The Morgan fingerprint density at radius 3 is 2.35 bits per heavy atom. The Labute approximate surface area is 141 Å². The van der Waals surface area contributed by atoms with Gasteiger partial charge in [-0.3, -0.25) is 10.1 Å². The van der Waals surface area contributed by atoms with Crippen LogP contribution in [-0.4, -0.2) is 51.2 Å². The van der Waals surface area contributed by atoms with Crippen molar-refractivity contribution in [3.05, 3.63) is 34.9 Å². The van der Waals surface area contributed by atoms with Crippen molar-refractivity contribution in [2.24, 2.45) is 0 Å². The topological polar surface area (TPSA) is 67.1 Å². The number of halogens is 1. The highest BCUT2D eigenvalue weighted by Gasteiger charge is 2.31. The lowest BCUT2D eigenvalue weighted by molar-refractivity contribution is -1.02. The van der Waals surface area contributed by atoms with E-state index < -0.39 is 6.03 Å². The van der Waals surface area contributed by atoms with Gasteiger partial charge in [0.05, 0.1) is 0 Å². The lowest BCUT2D eigenvalue weighted by atomic mass is 10.1. The van der Waals surface area contributed by atoms with E-state index in [1.807, 2.05) is 19.1 Å². The van der Waals surface area contributed by atoms with E-state index in [9.17, 15) is 9.59 Å². The SMILES string of the molecule is CNC(=O)NC(=O)[C@@H](C)[NH+]1CC[NH+](Cc2ccc(Cl)cc2)CC1. The second-order valence-corrected chi connectivity index (χ2v) is 6.44. The van der Waals surface area contributed by atoms with Crippen LogP contribution in [0.4, 0.5) is 4.79 Å². The number of hydrogen-bond donors (Lipinski definition) is 4. The highest BCUT2D eigenvalue weighted by molar-refractivity contribution is 6.30. The number of nitrogens with one attached hydrogen (secondary N) is 4. The molecule has 0 unspecified atom stereocenters. The standard InChI is InChI=1S/C16H23ClN4O2/c1-12(15(22)19-16(23)18-2)21-9-7-20(8-10-21)11-13-3-5-14(17)6-4-13/h3-6,12H,7-11H2,1-2H3,(H2,18,19,22,23)/p+2/t12-/m1/s1. The first-order valence-corrected chi connectivity index (χ1v) is 8.32. The average Bonchev–Trinajstić information content (AvgIpc) is 2.56. The molecule has 1 saturated heterocycles. The van der Waals surface area contributed by atoms with Gasteiger partial charge in [0.15, 0.2) is 6.04 Å². The van der Waals surface area contributed by atoms with E-state index in [0.717, 1.165) is 37.7 Å². The summed E-state index contributed by atoms with van der Waals surface area (Å²) < 4.78 is 0. The number of carbonyl (C=O) groups is 2. The van der Waals surface area contributed by atoms with Gasteiger partial charge in [0.2, 0.25) is 0 Å². The van der Waals surface area contributed by atoms with Crippen LogP contribution >= 0.6 is 11.6 Å². The molecule has 0 aromatic heterocycles. The van der Waals surface area contributed by atoms with Crippen LogP contribution in [0.5, 0.6) is 0 Å². The molecule has 1 fully saturated rings. The number of hydrogen-bond acceptors (Lipinski definition) is 2. The van der Waals surface area contributed by atoms with Crippen molar-refractivity contribution in [2.75, 3.05) is 33.2 Å². The molecule has 0 radical (unpaired) electrons. The number of quaternary nitrogens is 2. The minimum absolute atomic E-state index is 0.218. The number of urea groups is 1. The van der Waals surface area contributed by atoms with Crippen molar-refractivity contribution in [3.63, 3.8) is 0 Å². The molecule has 23 heavy (non-hydrogen) atoms. The molecule has 1 aliphatic rings. The van der Waals surface area contributed by atoms with Crippen molar-refractivity contribution < 1.29 is 19.4 Å². The lowest BCUT2D eigenvalue weighted by Gasteiger charge is -2.32. The molecule has 1 atom stereocenters. The maximum Gasteiger partial charge on any atom is 0.321 e. The van der Waals surface area contributed by atoms with Crippen molar-refractivity contribution in [2.45, 2.75) is 19.5 Å². The Balaban J connectivity index is 1.80. The third kappa shape index (κ3) is 5.20. The summed E-state index contributed by atoms with van der Waals surface area (Å²) in [5.41, 5.74) is 1.28. The number of carbonyl (C=O) groups excluding carboxylic acids is 2. The number of imide groups is 1. The van der Waals surface area contributed by atoms with E-state index in [-0.39, 0.29) is 11.9 Å². The summed E-state index contributed by atoms with van der Waals surface area (Å²) in [5.74, 6) is -0.222. The first kappa shape index (κ1) is 17.7. The first-order valence-electron chi connectivity index (χ1n) is 7.94. The van der Waals surface area contributed by atoms with Crippen LogP contribution < -0.4 is 20.4 Å². The van der Waals surface area contributed by atoms with E-state index >= 15 is 0 Å². The summed E-state index contributed by atoms with van der Waals surface area (Å²) in [7, 11) is 1.50. The quantitative estimate of drug-likeness (QED) is 0.537. The van der Waals surface area contributed by atoms with Gasteiger partial charge >= 0.3 is 6.03 Å². The Kier molecular flexibility index (Phi) is 6.38. The van der Waals surface area contributed by atoms with E-state index in [1.165, 1.54) is 22.4 Å². The molecule has 1 heterocycles. The Morgan fingerprint density at radius 2 is 1.78 bits per heavy atom. The van der Waals surface area contributed by atoms with Crippen molar-refractivity contribution in [3.8, 4) is 0 Å². The van der Waals surface area contributed by atoms with Gasteiger partial charge in [0.1, 0.15) is 32.7 Å². The lowest BCUT2D eigenvalue weighted by Crippen LogP contribution is -3.29. The molecule has 1 aromatic carbocycles. The Bertz CT molecular complexity index is 542. The normalized spacial score (nSPS) is 22.2. The van der Waals surface area contributed by atoms with Gasteiger partial charge in [0.25, 0.3) is 5.91 Å². The zero-order valence-corrected chi connectivity index (χ0v) is 14.4. The van der Waals surface area contributed by atoms with Gasteiger partial charge < -0.3 is 15.1 Å². The summed E-state index contributed by atoms with van der Waals surface area (Å²) in [6.07, 6.45) is 0. The fourth-order valence-electron chi connectivity index (χ4n) is 2.89. The van der Waals surface area contributed by atoms with Crippen LogP contribution in [0, 0.1) is 0 Å². The summed E-state index contributed by atoms with van der Waals surface area (Å²) in [5, 5.41) is 5.51. The summed E-state index contributed by atoms with van der Waals surface area (Å²) in [4.78, 5) is 26.0. The van der Waals surface area contributed by atoms with E-state index in [2.05, 4.69) is 22.8 Å². The minimum atomic E-state index is -0.451. The zero-order valence-electron chi connectivity index (χ0n) is 13.6. The molecule has 4 N–H and O–H groups in total. The second-order valence-electron chi connectivity index (χ2n) is 6.00. The number of piperazine rings is 1. The number of amides is 3. The fourth-order valence-corrected chi connectivity index (χ4v) is 3.02. The maximum atomic E-state index is 12.0. The Morgan fingerprint density at radius 1 is 1.17 bits per heavy atom. The van der Waals surface area contributed by atoms with Crippen LogP contribution in [0.25, 0.3) is 0 Å². The van der Waals surface area contributed by atoms with Crippen LogP contribution in [0.3, 0.4) is 0 Å². The fraction of sp³-hybridized carbons (Fsp3) is 0.500. The van der Waals surface area contributed by atoms with Crippen LogP contribution in [0.1, 0.15) is 12.5 Å². The average molecular weight is 341 g/mol. The van der Waals surface area contributed by atoms with E-state index in [4.69, 9.17) is 11.6 Å². The molecule has 0 spiro atoms. The molecule has 3 amide bonds. The molecule has 0 bridgehead atoms. The van der Waals surface area contributed by atoms with Crippen molar-refractivity contribution in [1.29, 1.82) is 0 Å². The molecule has 1 aliphatic heterocycles. The predicted molar refractivity (Wildman–Crippen MR) is 88.6 cm³/mol. The van der Waals surface area contributed by atoms with Gasteiger partial charge in [-0.1, -0.05) is 23.7 Å². The van der Waals surface area contributed by atoms with Crippen molar-refractivity contribution in [1.82, 2.24) is 10.6 Å². The maximum absolute atomic E-state index is 12.0. The molecule has 126 valence electrons. The van der Waals surface area contributed by atoms with Gasteiger partial charge in [-0.2, -0.15) is 0 Å². The molecule has 0 saturated carbocycles. The van der Waals surface area contributed by atoms with Crippen LogP contribution in [0.15, 0.2) is 24.3 Å². The minimum Gasteiger partial charge on any atom is -0.341 e. The summed E-state index contributed by atoms with van der Waals surface area (Å²) in [6, 6.07) is 7.30. The molecule has 6 nitrogen and oxygen atoms in total. The molecular formula is C16H25ClN4O2+2. The van der Waals surface area contributed by atoms with Gasteiger partial charge in [-0.05, 0) is 19.1 Å². The highest BCUT2D eigenvalue weighted by Crippen LogP contribution is 2.08. The second kappa shape index (κ2) is 8.29. The Hall–Kier alpha value is -1.63. The first-order chi connectivity index (χ1) is 11.0. The molecule has 0 aliphatic carbocycles. The monoisotopic (exact) mass is 340 g/mol. The number of rotatable bonds is 4. The summed E-state index contributed by atoms with van der Waals surface area (Å²) in [6.45, 7) is 6.71. The predicted octanol–water partition coefficient (Wildman–Crippen LogP) is -1.53. The number of benzene rings is 1. The van der Waals surface area contributed by atoms with Crippen LogP contribution in [0.2, 0.25) is 5.02 Å². The van der Waals surface area contributed by atoms with E-state index in [0.29, 0.717) is 0 Å². The molecule has 2 rings (SSSR count). The smallest absolute Gasteiger partial charge is 0.321 e. The van der Waals surface area contributed by atoms with Gasteiger partial charge in [-0.25, -0.2) is 4.79 Å². The summed E-state index contributed by atoms with van der Waals surface area (Å²) >= 11 is 5.91. The highest BCUT2D eigenvalue weighted by atomic mass is 35.5. The van der Waals surface area contributed by atoms with Gasteiger partial charge in [0, 0.05) is 17.6 Å². The van der Waals surface area contributed by atoms with Gasteiger partial charge in [-0.15, -0.1) is 0 Å². The third-order valence-electron chi connectivity index (χ3n) is 4.44. The molecule has 7 heteroatoms. The third-order valence-corrected chi connectivity index (χ3v) is 4.69. The van der Waals surface area contributed by atoms with Crippen LogP contribution in [-0.2, 0) is 11.3 Å². The van der Waals surface area contributed by atoms with Crippen molar-refractivity contribution >= 4 is 23.5 Å². The molecule has 1 aromatic rings. The largest absolute Gasteiger partial charge is 0.341 e.